The molecule has 2 aliphatic rings. The number of hydrogen-bond acceptors (Lipinski definition) is 3. The molecule has 1 saturated carbocycles. The number of carboxylic acids is 1. The third-order valence-corrected chi connectivity index (χ3v) is 4.50. The molecule has 1 unspecified atom stereocenters. The number of nitrogens with two attached hydrogens (primary N) is 1. The molecule has 1 heterocycles. The van der Waals surface area contributed by atoms with E-state index in [1.165, 1.54) is 0 Å². The molecule has 0 aromatic heterocycles. The van der Waals surface area contributed by atoms with Crippen LogP contribution in [0.4, 0.5) is 0 Å². The number of carboxylic acid groups (broad SMARTS) is 1. The van der Waals surface area contributed by atoms with Crippen LogP contribution in [-0.4, -0.2) is 40.5 Å². The summed E-state index contributed by atoms with van der Waals surface area (Å²) in [4.78, 5) is 25.5. The summed E-state index contributed by atoms with van der Waals surface area (Å²) in [5.74, 6) is -1.00. The number of rotatable bonds is 3. The first-order valence-corrected chi connectivity index (χ1v) is 6.85. The van der Waals surface area contributed by atoms with Crippen LogP contribution in [0.2, 0.25) is 0 Å². The standard InChI is InChI=1S/C15H18N2O3/c16-15(13(19)20)8-9-17(10-15)12(18)14(6-7-14)11-4-2-1-3-5-11/h1-5H,6-10,16H2,(H,19,20). The summed E-state index contributed by atoms with van der Waals surface area (Å²) in [6, 6.07) is 9.71. The summed E-state index contributed by atoms with van der Waals surface area (Å²) in [6.45, 7) is 0.534. The molecule has 1 aliphatic heterocycles. The van der Waals surface area contributed by atoms with E-state index >= 15 is 0 Å². The summed E-state index contributed by atoms with van der Waals surface area (Å²) < 4.78 is 0. The average molecular weight is 274 g/mol. The van der Waals surface area contributed by atoms with Crippen LogP contribution in [0.3, 0.4) is 0 Å². The van der Waals surface area contributed by atoms with Crippen molar-refractivity contribution in [2.75, 3.05) is 13.1 Å². The maximum Gasteiger partial charge on any atom is 0.325 e. The number of carbonyl (C=O) groups is 2. The Morgan fingerprint density at radius 3 is 2.30 bits per heavy atom. The third kappa shape index (κ3) is 1.89. The predicted molar refractivity (Wildman–Crippen MR) is 73.1 cm³/mol. The van der Waals surface area contributed by atoms with Gasteiger partial charge in [0.05, 0.1) is 5.41 Å². The molecule has 1 aromatic rings. The summed E-state index contributed by atoms with van der Waals surface area (Å²) in [5, 5.41) is 9.14. The van der Waals surface area contributed by atoms with E-state index < -0.39 is 16.9 Å². The summed E-state index contributed by atoms with van der Waals surface area (Å²) >= 11 is 0. The van der Waals surface area contributed by atoms with Gasteiger partial charge in [0, 0.05) is 13.1 Å². The van der Waals surface area contributed by atoms with Gasteiger partial charge in [0.25, 0.3) is 0 Å². The van der Waals surface area contributed by atoms with E-state index in [0.29, 0.717) is 13.0 Å². The van der Waals surface area contributed by atoms with Crippen molar-refractivity contribution in [2.24, 2.45) is 5.73 Å². The highest BCUT2D eigenvalue weighted by atomic mass is 16.4. The number of aliphatic carboxylic acids is 1. The zero-order valence-electron chi connectivity index (χ0n) is 11.2. The van der Waals surface area contributed by atoms with Crippen molar-refractivity contribution in [1.29, 1.82) is 0 Å². The number of benzene rings is 1. The van der Waals surface area contributed by atoms with Gasteiger partial charge in [-0.2, -0.15) is 0 Å². The smallest absolute Gasteiger partial charge is 0.325 e. The molecule has 1 saturated heterocycles. The minimum absolute atomic E-state index is 0.0253. The van der Waals surface area contributed by atoms with Crippen molar-refractivity contribution in [2.45, 2.75) is 30.2 Å². The molecule has 0 radical (unpaired) electrons. The lowest BCUT2D eigenvalue weighted by Crippen LogP contribution is -2.51. The maximum absolute atomic E-state index is 12.7. The second kappa shape index (κ2) is 4.31. The van der Waals surface area contributed by atoms with Gasteiger partial charge in [-0.15, -0.1) is 0 Å². The average Bonchev–Trinajstić information content (AvgIpc) is 3.16. The van der Waals surface area contributed by atoms with Crippen LogP contribution in [-0.2, 0) is 15.0 Å². The second-order valence-electron chi connectivity index (χ2n) is 5.89. The Morgan fingerprint density at radius 2 is 1.80 bits per heavy atom. The lowest BCUT2D eigenvalue weighted by molar-refractivity contribution is -0.143. The fraction of sp³-hybridized carbons (Fsp3) is 0.467. The monoisotopic (exact) mass is 274 g/mol. The SMILES string of the molecule is NC1(C(=O)O)CCN(C(=O)C2(c3ccccc3)CC2)C1. The molecule has 1 aliphatic carbocycles. The van der Waals surface area contributed by atoms with Crippen molar-refractivity contribution >= 4 is 11.9 Å². The molecule has 5 nitrogen and oxygen atoms in total. The molecule has 20 heavy (non-hydrogen) atoms. The van der Waals surface area contributed by atoms with E-state index in [0.717, 1.165) is 18.4 Å². The predicted octanol–water partition coefficient (Wildman–Crippen LogP) is 0.733. The lowest BCUT2D eigenvalue weighted by Gasteiger charge is -2.25. The van der Waals surface area contributed by atoms with E-state index in [-0.39, 0.29) is 12.5 Å². The molecule has 2 fully saturated rings. The van der Waals surface area contributed by atoms with Crippen LogP contribution in [0.25, 0.3) is 0 Å². The molecule has 0 bridgehead atoms. The van der Waals surface area contributed by atoms with Crippen molar-refractivity contribution in [1.82, 2.24) is 4.90 Å². The van der Waals surface area contributed by atoms with Crippen LogP contribution < -0.4 is 5.73 Å². The quantitative estimate of drug-likeness (QED) is 0.851. The fourth-order valence-electron chi connectivity index (χ4n) is 2.99. The molecule has 1 amide bonds. The van der Waals surface area contributed by atoms with Gasteiger partial charge in [0.1, 0.15) is 5.54 Å². The number of nitrogens with zero attached hydrogens (tertiary/aromatic N) is 1. The Morgan fingerprint density at radius 1 is 1.15 bits per heavy atom. The van der Waals surface area contributed by atoms with Gasteiger partial charge in [0.2, 0.25) is 5.91 Å². The highest BCUT2D eigenvalue weighted by Gasteiger charge is 2.55. The molecule has 106 valence electrons. The van der Waals surface area contributed by atoms with Gasteiger partial charge in [0.15, 0.2) is 0 Å². The third-order valence-electron chi connectivity index (χ3n) is 4.50. The normalized spacial score (nSPS) is 27.4. The molecule has 3 N–H and O–H groups in total. The minimum atomic E-state index is -1.29. The summed E-state index contributed by atoms with van der Waals surface area (Å²) in [5.41, 5.74) is 5.13. The Hall–Kier alpha value is -1.88. The van der Waals surface area contributed by atoms with Crippen LogP contribution in [0, 0.1) is 0 Å². The fourth-order valence-corrected chi connectivity index (χ4v) is 2.99. The Kier molecular flexibility index (Phi) is 2.83. The first kappa shape index (κ1) is 13.1. The maximum atomic E-state index is 12.7. The molecular weight excluding hydrogens is 256 g/mol. The highest BCUT2D eigenvalue weighted by Crippen LogP contribution is 2.50. The van der Waals surface area contributed by atoms with E-state index in [4.69, 9.17) is 10.8 Å². The molecule has 0 spiro atoms. The number of hydrogen-bond donors (Lipinski definition) is 2. The second-order valence-corrected chi connectivity index (χ2v) is 5.89. The van der Waals surface area contributed by atoms with E-state index in [9.17, 15) is 9.59 Å². The summed E-state index contributed by atoms with van der Waals surface area (Å²) in [7, 11) is 0. The summed E-state index contributed by atoms with van der Waals surface area (Å²) in [6.07, 6.45) is 1.98. The highest BCUT2D eigenvalue weighted by molar-refractivity contribution is 5.92. The largest absolute Gasteiger partial charge is 0.480 e. The molecule has 1 aromatic carbocycles. The number of likely N-dealkylation sites (tertiary alicyclic amines) is 1. The van der Waals surface area contributed by atoms with Gasteiger partial charge < -0.3 is 15.7 Å². The van der Waals surface area contributed by atoms with Crippen molar-refractivity contribution in [3.05, 3.63) is 35.9 Å². The van der Waals surface area contributed by atoms with Gasteiger partial charge in [-0.3, -0.25) is 9.59 Å². The molecular formula is C15H18N2O3. The van der Waals surface area contributed by atoms with Crippen LogP contribution in [0.1, 0.15) is 24.8 Å². The molecule has 3 rings (SSSR count). The molecule has 1 atom stereocenters. The Balaban J connectivity index is 1.80. The van der Waals surface area contributed by atoms with E-state index in [1.54, 1.807) is 4.90 Å². The van der Waals surface area contributed by atoms with E-state index in [2.05, 4.69) is 0 Å². The molecule has 5 heteroatoms. The van der Waals surface area contributed by atoms with Crippen molar-refractivity contribution < 1.29 is 14.7 Å². The number of amides is 1. The Labute approximate surface area is 117 Å². The van der Waals surface area contributed by atoms with Crippen molar-refractivity contribution in [3.8, 4) is 0 Å². The van der Waals surface area contributed by atoms with Crippen LogP contribution in [0.5, 0.6) is 0 Å². The first-order valence-electron chi connectivity index (χ1n) is 6.85. The van der Waals surface area contributed by atoms with E-state index in [1.807, 2.05) is 30.3 Å². The first-order chi connectivity index (χ1) is 9.48. The van der Waals surface area contributed by atoms with Crippen molar-refractivity contribution in [3.63, 3.8) is 0 Å². The van der Waals surface area contributed by atoms with Gasteiger partial charge >= 0.3 is 5.97 Å². The zero-order valence-corrected chi connectivity index (χ0v) is 11.2. The lowest BCUT2D eigenvalue weighted by atomic mass is 9.94. The Bertz CT molecular complexity index is 553. The topological polar surface area (TPSA) is 83.6 Å². The van der Waals surface area contributed by atoms with Gasteiger partial charge in [-0.05, 0) is 24.8 Å². The van der Waals surface area contributed by atoms with Crippen LogP contribution >= 0.6 is 0 Å². The van der Waals surface area contributed by atoms with Gasteiger partial charge in [-0.1, -0.05) is 30.3 Å². The minimum Gasteiger partial charge on any atom is -0.480 e. The number of carbonyl (C=O) groups excluding carboxylic acids is 1. The van der Waals surface area contributed by atoms with Gasteiger partial charge in [-0.25, -0.2) is 0 Å². The zero-order chi connectivity index (χ0) is 14.4. The van der Waals surface area contributed by atoms with Crippen LogP contribution in [0.15, 0.2) is 30.3 Å².